The van der Waals surface area contributed by atoms with Crippen LogP contribution in [0.2, 0.25) is 0 Å². The van der Waals surface area contributed by atoms with Crippen LogP contribution in [0.15, 0.2) is 42.5 Å². The van der Waals surface area contributed by atoms with Gasteiger partial charge in [0.05, 0.1) is 5.69 Å². The fourth-order valence-electron chi connectivity index (χ4n) is 1.95. The third-order valence-electron chi connectivity index (χ3n) is 2.90. The molecule has 0 aliphatic carbocycles. The van der Waals surface area contributed by atoms with Gasteiger partial charge in [0.2, 0.25) is 5.91 Å². The van der Waals surface area contributed by atoms with E-state index in [1.165, 1.54) is 13.0 Å². The molecule has 0 saturated heterocycles. The fraction of sp³-hybridized carbons (Fsp3) is 0.188. The van der Waals surface area contributed by atoms with Crippen LogP contribution in [0.5, 0.6) is 11.5 Å². The lowest BCUT2D eigenvalue weighted by Crippen LogP contribution is -2.09. The van der Waals surface area contributed by atoms with Gasteiger partial charge in [0, 0.05) is 18.5 Å². The highest BCUT2D eigenvalue weighted by Gasteiger charge is 2.15. The summed E-state index contributed by atoms with van der Waals surface area (Å²) < 4.78 is 19.7. The molecule has 2 aromatic rings. The first-order valence-electron chi connectivity index (χ1n) is 6.57. The number of benzene rings is 2. The smallest absolute Gasteiger partial charge is 0.221 e. The predicted molar refractivity (Wildman–Crippen MR) is 79.8 cm³/mol. The lowest BCUT2D eigenvalue weighted by atomic mass is 10.1. The molecule has 1 amide bonds. The lowest BCUT2D eigenvalue weighted by Gasteiger charge is -2.16. The maximum Gasteiger partial charge on any atom is 0.221 e. The number of nitrogens with two attached hydrogens (primary N) is 1. The van der Waals surface area contributed by atoms with E-state index in [4.69, 9.17) is 10.5 Å². The monoisotopic (exact) mass is 288 g/mol. The zero-order valence-electron chi connectivity index (χ0n) is 11.9. The molecule has 2 aromatic carbocycles. The summed E-state index contributed by atoms with van der Waals surface area (Å²) in [4.78, 5) is 11.2. The Morgan fingerprint density at radius 1 is 1.24 bits per heavy atom. The highest BCUT2D eigenvalue weighted by Crippen LogP contribution is 2.35. The van der Waals surface area contributed by atoms with E-state index in [0.29, 0.717) is 17.0 Å². The van der Waals surface area contributed by atoms with Crippen molar-refractivity contribution in [3.05, 3.63) is 53.8 Å². The van der Waals surface area contributed by atoms with Gasteiger partial charge in [0.1, 0.15) is 0 Å². The minimum absolute atomic E-state index is 0.0744. The number of anilines is 1. The van der Waals surface area contributed by atoms with E-state index < -0.39 is 5.82 Å². The molecule has 0 spiro atoms. The van der Waals surface area contributed by atoms with Gasteiger partial charge in [-0.25, -0.2) is 4.39 Å². The van der Waals surface area contributed by atoms with Gasteiger partial charge in [-0.3, -0.25) is 4.79 Å². The lowest BCUT2D eigenvalue weighted by molar-refractivity contribution is -0.114. The number of amides is 1. The molecule has 0 aliphatic rings. The van der Waals surface area contributed by atoms with Gasteiger partial charge in [0.15, 0.2) is 17.3 Å². The van der Waals surface area contributed by atoms with Crippen molar-refractivity contribution in [2.75, 3.05) is 5.32 Å². The van der Waals surface area contributed by atoms with Crippen LogP contribution >= 0.6 is 0 Å². The third-order valence-corrected chi connectivity index (χ3v) is 2.90. The first kappa shape index (κ1) is 15.0. The Labute approximate surface area is 122 Å². The molecular formula is C16H17FN2O2. The number of carbonyl (C=O) groups is 1. The van der Waals surface area contributed by atoms with Crippen molar-refractivity contribution in [1.29, 1.82) is 0 Å². The van der Waals surface area contributed by atoms with Crippen LogP contribution in [0.3, 0.4) is 0 Å². The first-order valence-corrected chi connectivity index (χ1v) is 6.57. The number of hydrogen-bond acceptors (Lipinski definition) is 3. The maximum absolute atomic E-state index is 14.0. The number of hydrogen-bond donors (Lipinski definition) is 2. The maximum atomic E-state index is 14.0. The van der Waals surface area contributed by atoms with E-state index >= 15 is 0 Å². The van der Waals surface area contributed by atoms with Crippen LogP contribution in [0.4, 0.5) is 10.1 Å². The summed E-state index contributed by atoms with van der Waals surface area (Å²) in [7, 11) is 0. The summed E-state index contributed by atoms with van der Waals surface area (Å²) in [6, 6.07) is 11.1. The van der Waals surface area contributed by atoms with Crippen molar-refractivity contribution in [3.63, 3.8) is 0 Å². The predicted octanol–water partition coefficient (Wildman–Crippen LogP) is 3.60. The number of rotatable bonds is 4. The second kappa shape index (κ2) is 6.37. The Kier molecular flexibility index (Phi) is 4.55. The molecule has 4 nitrogen and oxygen atoms in total. The topological polar surface area (TPSA) is 64.3 Å². The minimum atomic E-state index is -0.498. The quantitative estimate of drug-likeness (QED) is 0.903. The summed E-state index contributed by atoms with van der Waals surface area (Å²) in [5.41, 5.74) is 6.88. The van der Waals surface area contributed by atoms with Crippen LogP contribution < -0.4 is 15.8 Å². The van der Waals surface area contributed by atoms with E-state index in [0.717, 1.165) is 0 Å². The van der Waals surface area contributed by atoms with Crippen molar-refractivity contribution in [1.82, 2.24) is 0 Å². The molecule has 0 fully saturated rings. The molecule has 110 valence electrons. The number of para-hydroxylation sites is 3. The van der Waals surface area contributed by atoms with Gasteiger partial charge < -0.3 is 15.8 Å². The average molecular weight is 288 g/mol. The molecule has 0 unspecified atom stereocenters. The number of nitrogens with one attached hydrogen (secondary N) is 1. The summed E-state index contributed by atoms with van der Waals surface area (Å²) in [6.45, 7) is 3.15. The van der Waals surface area contributed by atoms with Crippen LogP contribution in [0.25, 0.3) is 0 Å². The highest BCUT2D eigenvalue weighted by molar-refractivity contribution is 5.90. The Bertz CT molecular complexity index is 656. The Morgan fingerprint density at radius 3 is 2.62 bits per heavy atom. The van der Waals surface area contributed by atoms with Gasteiger partial charge in [-0.2, -0.15) is 0 Å². The zero-order valence-corrected chi connectivity index (χ0v) is 11.9. The first-order chi connectivity index (χ1) is 9.99. The normalized spacial score (nSPS) is 11.8. The van der Waals surface area contributed by atoms with Crippen molar-refractivity contribution in [3.8, 4) is 11.5 Å². The van der Waals surface area contributed by atoms with Crippen LogP contribution in [0, 0.1) is 5.82 Å². The van der Waals surface area contributed by atoms with E-state index in [-0.39, 0.29) is 17.7 Å². The molecule has 3 N–H and O–H groups in total. The summed E-state index contributed by atoms with van der Waals surface area (Å²) >= 11 is 0. The molecule has 2 rings (SSSR count). The average Bonchev–Trinajstić information content (AvgIpc) is 2.42. The highest BCUT2D eigenvalue weighted by atomic mass is 19.1. The fourth-order valence-corrected chi connectivity index (χ4v) is 1.95. The molecule has 0 bridgehead atoms. The summed E-state index contributed by atoms with van der Waals surface area (Å²) in [5, 5.41) is 2.64. The third kappa shape index (κ3) is 3.58. The molecule has 0 saturated carbocycles. The largest absolute Gasteiger partial charge is 0.452 e. The van der Waals surface area contributed by atoms with Crippen LogP contribution in [0.1, 0.15) is 25.5 Å². The van der Waals surface area contributed by atoms with Crippen LogP contribution in [-0.2, 0) is 4.79 Å². The number of ether oxygens (including phenoxy) is 1. The Balaban J connectivity index is 2.41. The molecule has 1 atom stereocenters. The van der Waals surface area contributed by atoms with Crippen LogP contribution in [-0.4, -0.2) is 5.91 Å². The summed E-state index contributed by atoms with van der Waals surface area (Å²) in [5.74, 6) is -0.292. The van der Waals surface area contributed by atoms with E-state index in [1.807, 2.05) is 0 Å². The standard InChI is InChI=1S/C16H17FN2O2/c1-10(18)12-6-5-7-13(17)16(12)21-15-9-4-3-8-14(15)19-11(2)20/h3-10H,18H2,1-2H3,(H,19,20)/t10-/m1/s1. The van der Waals surface area contributed by atoms with Gasteiger partial charge in [0.25, 0.3) is 0 Å². The molecular weight excluding hydrogens is 271 g/mol. The Hall–Kier alpha value is -2.40. The minimum Gasteiger partial charge on any atom is -0.452 e. The zero-order chi connectivity index (χ0) is 15.4. The summed E-state index contributed by atoms with van der Waals surface area (Å²) in [6.07, 6.45) is 0. The number of carbonyl (C=O) groups excluding carboxylic acids is 1. The van der Waals surface area contributed by atoms with Gasteiger partial charge >= 0.3 is 0 Å². The van der Waals surface area contributed by atoms with Gasteiger partial charge in [-0.1, -0.05) is 24.3 Å². The van der Waals surface area contributed by atoms with Gasteiger partial charge in [-0.15, -0.1) is 0 Å². The van der Waals surface area contributed by atoms with Gasteiger partial charge in [-0.05, 0) is 25.1 Å². The Morgan fingerprint density at radius 2 is 1.95 bits per heavy atom. The molecule has 0 aliphatic heterocycles. The van der Waals surface area contributed by atoms with Crippen molar-refractivity contribution >= 4 is 11.6 Å². The van der Waals surface area contributed by atoms with E-state index in [2.05, 4.69) is 5.32 Å². The molecule has 21 heavy (non-hydrogen) atoms. The second-order valence-electron chi connectivity index (χ2n) is 4.73. The number of halogens is 1. The SMILES string of the molecule is CC(=O)Nc1ccccc1Oc1c(F)cccc1[C@@H](C)N. The molecule has 0 aromatic heterocycles. The second-order valence-corrected chi connectivity index (χ2v) is 4.73. The van der Waals surface area contributed by atoms with E-state index in [9.17, 15) is 9.18 Å². The molecule has 0 heterocycles. The van der Waals surface area contributed by atoms with Crippen molar-refractivity contribution in [2.24, 2.45) is 5.73 Å². The van der Waals surface area contributed by atoms with Crippen molar-refractivity contribution < 1.29 is 13.9 Å². The molecule has 0 radical (unpaired) electrons. The van der Waals surface area contributed by atoms with E-state index in [1.54, 1.807) is 43.3 Å². The molecule has 5 heteroatoms. The van der Waals surface area contributed by atoms with Crippen molar-refractivity contribution in [2.45, 2.75) is 19.9 Å².